The van der Waals surface area contributed by atoms with Crippen molar-refractivity contribution in [2.45, 2.75) is 26.8 Å². The van der Waals surface area contributed by atoms with Crippen molar-refractivity contribution in [1.29, 1.82) is 0 Å². The molecule has 1 rings (SSSR count). The molecule has 0 aliphatic rings. The Morgan fingerprint density at radius 3 is 2.92 bits per heavy atom. The number of hydrogen-bond donors (Lipinski definition) is 2. The smallest absolute Gasteiger partial charge is 0.0357 e. The number of hydrogen-bond acceptors (Lipinski definition) is 1. The first kappa shape index (κ1) is 9.33. The molecule has 2 nitrogen and oxygen atoms in total. The summed E-state index contributed by atoms with van der Waals surface area (Å²) in [5.41, 5.74) is 1.26. The second-order valence-electron chi connectivity index (χ2n) is 3.55. The number of nitrogens with one attached hydrogen (secondary N) is 2. The first-order valence-electron chi connectivity index (χ1n) is 4.62. The molecule has 0 aromatic carbocycles. The maximum atomic E-state index is 3.39. The van der Waals surface area contributed by atoms with Crippen LogP contribution in [0.3, 0.4) is 0 Å². The molecular weight excluding hydrogens is 148 g/mol. The van der Waals surface area contributed by atoms with Gasteiger partial charge in [-0.2, -0.15) is 0 Å². The minimum Gasteiger partial charge on any atom is -0.364 e. The minimum absolute atomic E-state index is 0.793. The van der Waals surface area contributed by atoms with Crippen LogP contribution in [0.15, 0.2) is 18.3 Å². The van der Waals surface area contributed by atoms with Gasteiger partial charge in [-0.25, -0.2) is 0 Å². The van der Waals surface area contributed by atoms with Crippen molar-refractivity contribution in [3.8, 4) is 0 Å². The van der Waals surface area contributed by atoms with E-state index in [1.54, 1.807) is 0 Å². The molecule has 12 heavy (non-hydrogen) atoms. The Labute approximate surface area is 74.4 Å². The van der Waals surface area contributed by atoms with Crippen molar-refractivity contribution in [2.24, 2.45) is 5.92 Å². The molecule has 1 aromatic rings. The van der Waals surface area contributed by atoms with E-state index < -0.39 is 0 Å². The lowest BCUT2D eigenvalue weighted by atomic mass is 10.1. The van der Waals surface area contributed by atoms with Gasteiger partial charge in [0.15, 0.2) is 0 Å². The summed E-state index contributed by atoms with van der Waals surface area (Å²) < 4.78 is 0. The van der Waals surface area contributed by atoms with E-state index in [0.717, 1.165) is 19.0 Å². The maximum Gasteiger partial charge on any atom is 0.0357 e. The molecule has 0 saturated carbocycles. The van der Waals surface area contributed by atoms with Crippen LogP contribution in [0.4, 0.5) is 0 Å². The van der Waals surface area contributed by atoms with Gasteiger partial charge in [0.1, 0.15) is 0 Å². The maximum absolute atomic E-state index is 3.39. The van der Waals surface area contributed by atoms with Gasteiger partial charge in [0.25, 0.3) is 0 Å². The van der Waals surface area contributed by atoms with Gasteiger partial charge in [-0.15, -0.1) is 0 Å². The molecule has 68 valence electrons. The van der Waals surface area contributed by atoms with Crippen LogP contribution in [0.5, 0.6) is 0 Å². The molecule has 0 radical (unpaired) electrons. The highest BCUT2D eigenvalue weighted by atomic mass is 14.9. The summed E-state index contributed by atoms with van der Waals surface area (Å²) in [7, 11) is 0. The van der Waals surface area contributed by atoms with E-state index in [4.69, 9.17) is 0 Å². The largest absolute Gasteiger partial charge is 0.364 e. The quantitative estimate of drug-likeness (QED) is 0.644. The van der Waals surface area contributed by atoms with E-state index in [1.165, 1.54) is 12.1 Å². The van der Waals surface area contributed by atoms with Gasteiger partial charge >= 0.3 is 0 Å². The molecule has 2 heteroatoms. The fraction of sp³-hybridized carbons (Fsp3) is 0.600. The lowest BCUT2D eigenvalue weighted by molar-refractivity contribution is 0.535. The molecule has 0 unspecified atom stereocenters. The highest BCUT2D eigenvalue weighted by molar-refractivity contribution is 5.02. The van der Waals surface area contributed by atoms with Gasteiger partial charge in [-0.05, 0) is 31.0 Å². The molecule has 0 aliphatic heterocycles. The van der Waals surface area contributed by atoms with E-state index in [2.05, 4.69) is 30.2 Å². The second-order valence-corrected chi connectivity index (χ2v) is 3.55. The normalized spacial score (nSPS) is 10.9. The summed E-state index contributed by atoms with van der Waals surface area (Å²) in [6.45, 7) is 6.56. The van der Waals surface area contributed by atoms with Gasteiger partial charge in [0.2, 0.25) is 0 Å². The van der Waals surface area contributed by atoms with Crippen LogP contribution >= 0.6 is 0 Å². The molecule has 2 N–H and O–H groups in total. The summed E-state index contributed by atoms with van der Waals surface area (Å²) in [5.74, 6) is 0.793. The van der Waals surface area contributed by atoms with Crippen molar-refractivity contribution in [1.82, 2.24) is 10.3 Å². The third-order valence-corrected chi connectivity index (χ3v) is 1.88. The van der Waals surface area contributed by atoms with Crippen LogP contribution in [-0.4, -0.2) is 11.5 Å². The number of rotatable bonds is 5. The molecule has 0 aliphatic carbocycles. The predicted molar refractivity (Wildman–Crippen MR) is 52.0 cm³/mol. The van der Waals surface area contributed by atoms with Crippen LogP contribution in [0.25, 0.3) is 0 Å². The third-order valence-electron chi connectivity index (χ3n) is 1.88. The monoisotopic (exact) mass is 166 g/mol. The molecule has 0 spiro atoms. The Balaban J connectivity index is 2.04. The van der Waals surface area contributed by atoms with E-state index >= 15 is 0 Å². The zero-order chi connectivity index (χ0) is 8.81. The Hall–Kier alpha value is -0.760. The van der Waals surface area contributed by atoms with Crippen molar-refractivity contribution >= 4 is 0 Å². The molecule has 1 heterocycles. The van der Waals surface area contributed by atoms with Gasteiger partial charge in [-0.1, -0.05) is 13.8 Å². The molecule has 0 atom stereocenters. The van der Waals surface area contributed by atoms with E-state index in [1.807, 2.05) is 12.3 Å². The first-order chi connectivity index (χ1) is 5.79. The molecule has 0 amide bonds. The Morgan fingerprint density at radius 1 is 1.50 bits per heavy atom. The summed E-state index contributed by atoms with van der Waals surface area (Å²) in [5, 5.41) is 3.39. The lowest BCUT2D eigenvalue weighted by Crippen LogP contribution is -2.16. The average Bonchev–Trinajstić information content (AvgIpc) is 2.49. The summed E-state index contributed by atoms with van der Waals surface area (Å²) >= 11 is 0. The minimum atomic E-state index is 0.793. The SMILES string of the molecule is CC(C)CCNCc1ccc[nH]1. The topological polar surface area (TPSA) is 27.8 Å². The summed E-state index contributed by atoms with van der Waals surface area (Å²) in [6.07, 6.45) is 3.21. The van der Waals surface area contributed by atoms with E-state index in [9.17, 15) is 0 Å². The van der Waals surface area contributed by atoms with Crippen molar-refractivity contribution in [3.05, 3.63) is 24.0 Å². The molecule has 0 saturated heterocycles. The zero-order valence-electron chi connectivity index (χ0n) is 7.93. The first-order valence-corrected chi connectivity index (χ1v) is 4.62. The van der Waals surface area contributed by atoms with Gasteiger partial charge in [0, 0.05) is 18.4 Å². The zero-order valence-corrected chi connectivity index (χ0v) is 7.93. The second kappa shape index (κ2) is 4.99. The fourth-order valence-corrected chi connectivity index (χ4v) is 1.09. The van der Waals surface area contributed by atoms with Crippen LogP contribution < -0.4 is 5.32 Å². The third kappa shape index (κ3) is 3.58. The number of aromatic amines is 1. The Bertz CT molecular complexity index is 190. The van der Waals surface area contributed by atoms with Crippen LogP contribution in [0.2, 0.25) is 0 Å². The molecule has 1 aromatic heterocycles. The highest BCUT2D eigenvalue weighted by Crippen LogP contribution is 1.97. The molecule has 0 bridgehead atoms. The standard InChI is InChI=1S/C10H18N2/c1-9(2)5-7-11-8-10-4-3-6-12-10/h3-4,6,9,11-12H,5,7-8H2,1-2H3. The lowest BCUT2D eigenvalue weighted by Gasteiger charge is -2.05. The Kier molecular flexibility index (Phi) is 3.88. The highest BCUT2D eigenvalue weighted by Gasteiger charge is 1.94. The summed E-state index contributed by atoms with van der Waals surface area (Å²) in [6, 6.07) is 4.13. The summed E-state index contributed by atoms with van der Waals surface area (Å²) in [4.78, 5) is 3.16. The van der Waals surface area contributed by atoms with E-state index in [-0.39, 0.29) is 0 Å². The number of H-pyrrole nitrogens is 1. The van der Waals surface area contributed by atoms with Gasteiger partial charge < -0.3 is 10.3 Å². The average molecular weight is 166 g/mol. The molecular formula is C10H18N2. The van der Waals surface area contributed by atoms with Crippen molar-refractivity contribution < 1.29 is 0 Å². The van der Waals surface area contributed by atoms with Crippen molar-refractivity contribution in [2.75, 3.05) is 6.54 Å². The predicted octanol–water partition coefficient (Wildman–Crippen LogP) is 2.15. The van der Waals surface area contributed by atoms with Crippen LogP contribution in [0, 0.1) is 5.92 Å². The van der Waals surface area contributed by atoms with Crippen LogP contribution in [0.1, 0.15) is 26.0 Å². The molecule has 0 fully saturated rings. The van der Waals surface area contributed by atoms with Gasteiger partial charge in [-0.3, -0.25) is 0 Å². The van der Waals surface area contributed by atoms with Crippen LogP contribution in [-0.2, 0) is 6.54 Å². The van der Waals surface area contributed by atoms with Crippen molar-refractivity contribution in [3.63, 3.8) is 0 Å². The van der Waals surface area contributed by atoms with Gasteiger partial charge in [0.05, 0.1) is 0 Å². The number of aromatic nitrogens is 1. The Morgan fingerprint density at radius 2 is 2.33 bits per heavy atom. The van der Waals surface area contributed by atoms with E-state index in [0.29, 0.717) is 0 Å². The fourth-order valence-electron chi connectivity index (χ4n) is 1.09.